The highest BCUT2D eigenvalue weighted by Crippen LogP contribution is 2.31. The van der Waals surface area contributed by atoms with E-state index in [9.17, 15) is 4.79 Å². The third-order valence-electron chi connectivity index (χ3n) is 5.20. The minimum atomic E-state index is -0.272. The number of nitrogens with zero attached hydrogens (tertiary/aromatic N) is 4. The summed E-state index contributed by atoms with van der Waals surface area (Å²) in [6, 6.07) is 7.38. The summed E-state index contributed by atoms with van der Waals surface area (Å²) in [6.45, 7) is 0.714. The topological polar surface area (TPSA) is 121 Å². The third kappa shape index (κ3) is 5.32. The molecular weight excluding hydrogens is 368 g/mol. The zero-order valence-electron chi connectivity index (χ0n) is 17.3. The molecule has 0 radical (unpaired) electrons. The van der Waals surface area contributed by atoms with E-state index in [1.54, 1.807) is 31.3 Å². The Morgan fingerprint density at radius 3 is 2.62 bits per heavy atom. The first kappa shape index (κ1) is 20.8. The molecule has 156 valence electrons. The molecule has 0 aromatic carbocycles. The lowest BCUT2D eigenvalue weighted by Gasteiger charge is -2.17. The molecule has 9 nitrogen and oxygen atoms in total. The Labute approximate surface area is 171 Å². The molecule has 0 spiro atoms. The molecule has 1 amide bonds. The first-order valence-electron chi connectivity index (χ1n) is 9.98. The van der Waals surface area contributed by atoms with Crippen LogP contribution in [0.3, 0.4) is 0 Å². The molecule has 2 aromatic rings. The molecule has 1 fully saturated rings. The van der Waals surface area contributed by atoms with Crippen LogP contribution in [-0.4, -0.2) is 54.8 Å². The molecule has 29 heavy (non-hydrogen) atoms. The van der Waals surface area contributed by atoms with Crippen LogP contribution >= 0.6 is 0 Å². The second-order valence-corrected chi connectivity index (χ2v) is 7.57. The fourth-order valence-corrected chi connectivity index (χ4v) is 3.60. The van der Waals surface area contributed by atoms with Gasteiger partial charge in [-0.25, -0.2) is 4.98 Å². The summed E-state index contributed by atoms with van der Waals surface area (Å²) < 4.78 is 0. The van der Waals surface area contributed by atoms with E-state index in [1.807, 2.05) is 19.0 Å². The summed E-state index contributed by atoms with van der Waals surface area (Å²) in [4.78, 5) is 19.3. The maximum absolute atomic E-state index is 12.9. The van der Waals surface area contributed by atoms with E-state index < -0.39 is 0 Å². The Morgan fingerprint density at radius 1 is 1.17 bits per heavy atom. The second kappa shape index (κ2) is 9.51. The highest BCUT2D eigenvalue weighted by Gasteiger charge is 2.26. The molecule has 1 aliphatic rings. The third-order valence-corrected chi connectivity index (χ3v) is 5.20. The Hall–Kier alpha value is -2.94. The summed E-state index contributed by atoms with van der Waals surface area (Å²) in [7, 11) is 5.58. The summed E-state index contributed by atoms with van der Waals surface area (Å²) in [6.07, 6.45) is 4.28. The lowest BCUT2D eigenvalue weighted by Crippen LogP contribution is -2.22. The number of nitrogens with one attached hydrogen (secondary N) is 3. The van der Waals surface area contributed by atoms with Gasteiger partial charge in [-0.2, -0.15) is 0 Å². The van der Waals surface area contributed by atoms with Gasteiger partial charge in [0.05, 0.1) is 5.56 Å². The van der Waals surface area contributed by atoms with Crippen LogP contribution in [0.5, 0.6) is 0 Å². The van der Waals surface area contributed by atoms with Crippen LogP contribution < -0.4 is 26.6 Å². The smallest absolute Gasteiger partial charge is 0.260 e. The molecule has 2 heterocycles. The highest BCUT2D eigenvalue weighted by atomic mass is 16.1. The molecule has 9 heteroatoms. The van der Waals surface area contributed by atoms with Gasteiger partial charge in [-0.3, -0.25) is 4.79 Å². The van der Waals surface area contributed by atoms with Crippen LogP contribution in [0.4, 0.5) is 23.3 Å². The largest absolute Gasteiger partial charge is 0.373 e. The van der Waals surface area contributed by atoms with Gasteiger partial charge in [-0.15, -0.1) is 10.2 Å². The first-order valence-corrected chi connectivity index (χ1v) is 9.98. The Morgan fingerprint density at radius 2 is 1.97 bits per heavy atom. The standard InChI is InChI=1S/C20H30N8O/c1-22-16-7-6-15(19(24-16)23-14-5-4-13(12-14)10-11-21)20(29)25-17-8-9-18(27-26-17)28(2)3/h6-9,13-14H,4-5,10-12,21H2,1-3H3,(H2,22,23,24)(H,25,26,29). The van der Waals surface area contributed by atoms with E-state index >= 15 is 0 Å². The van der Waals surface area contributed by atoms with Gasteiger partial charge in [-0.05, 0) is 62.4 Å². The normalized spacial score (nSPS) is 18.3. The van der Waals surface area contributed by atoms with Crippen LogP contribution in [-0.2, 0) is 0 Å². The monoisotopic (exact) mass is 398 g/mol. The van der Waals surface area contributed by atoms with Crippen molar-refractivity contribution in [2.24, 2.45) is 11.7 Å². The van der Waals surface area contributed by atoms with Gasteiger partial charge in [0.25, 0.3) is 5.91 Å². The van der Waals surface area contributed by atoms with Gasteiger partial charge in [0.1, 0.15) is 11.6 Å². The fraction of sp³-hybridized carbons (Fsp3) is 0.500. The maximum atomic E-state index is 12.9. The molecule has 3 rings (SSSR count). The van der Waals surface area contributed by atoms with Crippen molar-refractivity contribution in [3.05, 3.63) is 29.8 Å². The van der Waals surface area contributed by atoms with Gasteiger partial charge in [0, 0.05) is 27.2 Å². The highest BCUT2D eigenvalue weighted by molar-refractivity contribution is 6.07. The van der Waals surface area contributed by atoms with Crippen LogP contribution in [0.25, 0.3) is 0 Å². The summed E-state index contributed by atoms with van der Waals surface area (Å²) in [5.74, 6) is 2.76. The van der Waals surface area contributed by atoms with Crippen LogP contribution in [0.2, 0.25) is 0 Å². The molecule has 2 unspecified atom stereocenters. The Balaban J connectivity index is 1.74. The quantitative estimate of drug-likeness (QED) is 0.534. The van der Waals surface area contributed by atoms with E-state index in [0.717, 1.165) is 31.5 Å². The van der Waals surface area contributed by atoms with Crippen molar-refractivity contribution in [1.29, 1.82) is 0 Å². The van der Waals surface area contributed by atoms with E-state index in [-0.39, 0.29) is 11.9 Å². The predicted molar refractivity (Wildman–Crippen MR) is 117 cm³/mol. The molecule has 0 saturated heterocycles. The average Bonchev–Trinajstić information content (AvgIpc) is 3.15. The zero-order chi connectivity index (χ0) is 20.8. The van der Waals surface area contributed by atoms with E-state index in [0.29, 0.717) is 35.5 Å². The SMILES string of the molecule is CNc1ccc(C(=O)Nc2ccc(N(C)C)nn2)c(NC2CCC(CCN)C2)n1. The van der Waals surface area contributed by atoms with Crippen molar-refractivity contribution in [3.63, 3.8) is 0 Å². The molecule has 0 bridgehead atoms. The minimum Gasteiger partial charge on any atom is -0.373 e. The van der Waals surface area contributed by atoms with Crippen LogP contribution in [0.15, 0.2) is 24.3 Å². The second-order valence-electron chi connectivity index (χ2n) is 7.57. The van der Waals surface area contributed by atoms with Gasteiger partial charge >= 0.3 is 0 Å². The van der Waals surface area contributed by atoms with Gasteiger partial charge in [-0.1, -0.05) is 0 Å². The number of aromatic nitrogens is 3. The maximum Gasteiger partial charge on any atom is 0.260 e. The number of amides is 1. The number of carbonyl (C=O) groups is 1. The van der Waals surface area contributed by atoms with Crippen molar-refractivity contribution in [3.8, 4) is 0 Å². The number of hydrogen-bond acceptors (Lipinski definition) is 8. The van der Waals surface area contributed by atoms with Gasteiger partial charge < -0.3 is 26.6 Å². The summed E-state index contributed by atoms with van der Waals surface area (Å²) in [5.41, 5.74) is 6.18. The molecular formula is C20H30N8O. The number of rotatable bonds is 8. The molecule has 2 atom stereocenters. The Kier molecular flexibility index (Phi) is 6.82. The number of hydrogen-bond donors (Lipinski definition) is 4. The lowest BCUT2D eigenvalue weighted by atomic mass is 10.0. The van der Waals surface area contributed by atoms with Crippen molar-refractivity contribution < 1.29 is 4.79 Å². The molecule has 1 aliphatic carbocycles. The van der Waals surface area contributed by atoms with Crippen molar-refractivity contribution in [2.75, 3.05) is 48.5 Å². The zero-order valence-corrected chi connectivity index (χ0v) is 17.3. The van der Waals surface area contributed by atoms with Gasteiger partial charge in [0.2, 0.25) is 0 Å². The number of carbonyl (C=O) groups excluding carboxylic acids is 1. The first-order chi connectivity index (χ1) is 14.0. The predicted octanol–water partition coefficient (Wildman–Crippen LogP) is 2.16. The van der Waals surface area contributed by atoms with Crippen molar-refractivity contribution in [2.45, 2.75) is 31.7 Å². The van der Waals surface area contributed by atoms with Crippen LogP contribution in [0.1, 0.15) is 36.0 Å². The number of pyridine rings is 1. The average molecular weight is 399 g/mol. The summed E-state index contributed by atoms with van der Waals surface area (Å²) in [5, 5.41) is 17.5. The molecule has 2 aromatic heterocycles. The molecule has 0 aliphatic heterocycles. The van der Waals surface area contributed by atoms with Crippen molar-refractivity contribution in [1.82, 2.24) is 15.2 Å². The number of nitrogens with two attached hydrogens (primary N) is 1. The lowest BCUT2D eigenvalue weighted by molar-refractivity contribution is 0.102. The van der Waals surface area contributed by atoms with E-state index in [2.05, 4.69) is 31.1 Å². The van der Waals surface area contributed by atoms with E-state index in [4.69, 9.17) is 5.73 Å². The summed E-state index contributed by atoms with van der Waals surface area (Å²) >= 11 is 0. The van der Waals surface area contributed by atoms with Crippen LogP contribution in [0, 0.1) is 5.92 Å². The molecule has 1 saturated carbocycles. The molecule has 5 N–H and O–H groups in total. The van der Waals surface area contributed by atoms with E-state index in [1.165, 1.54) is 0 Å². The number of anilines is 4. The fourth-order valence-electron chi connectivity index (χ4n) is 3.60. The Bertz CT molecular complexity index is 824. The minimum absolute atomic E-state index is 0.272. The van der Waals surface area contributed by atoms with Crippen molar-refractivity contribution >= 4 is 29.2 Å². The van der Waals surface area contributed by atoms with Gasteiger partial charge in [0.15, 0.2) is 11.6 Å².